The molecular formula is C22H21BrF2N2O4. The average Bonchev–Trinajstić information content (AvgIpc) is 3.09. The number of hydrogen-bond donors (Lipinski definition) is 0. The summed E-state index contributed by atoms with van der Waals surface area (Å²) >= 11 is 3.34. The molecule has 1 fully saturated rings. The number of nitrogens with zero attached hydrogens (tertiary/aromatic N) is 2. The minimum Gasteiger partial charge on any atom is -0.465 e. The second kappa shape index (κ2) is 10.1. The van der Waals surface area contributed by atoms with Gasteiger partial charge < -0.3 is 4.74 Å². The highest BCUT2D eigenvalue weighted by molar-refractivity contribution is 9.10. The highest BCUT2D eigenvalue weighted by Crippen LogP contribution is 2.20. The zero-order valence-electron chi connectivity index (χ0n) is 16.9. The highest BCUT2D eigenvalue weighted by atomic mass is 79.9. The van der Waals surface area contributed by atoms with Crippen molar-refractivity contribution in [2.45, 2.75) is 19.3 Å². The third-order valence-corrected chi connectivity index (χ3v) is 5.55. The van der Waals surface area contributed by atoms with E-state index < -0.39 is 23.2 Å². The second-order valence-electron chi connectivity index (χ2n) is 7.08. The molecule has 0 unspecified atom stereocenters. The number of carbonyl (C=O) groups is 3. The number of hydrogen-bond acceptors (Lipinski definition) is 5. The van der Waals surface area contributed by atoms with Crippen LogP contribution in [0.1, 0.15) is 39.1 Å². The third kappa shape index (κ3) is 5.54. The molecule has 0 spiro atoms. The van der Waals surface area contributed by atoms with Crippen molar-refractivity contribution < 1.29 is 27.9 Å². The summed E-state index contributed by atoms with van der Waals surface area (Å²) in [6.45, 7) is 1.05. The zero-order valence-corrected chi connectivity index (χ0v) is 18.5. The van der Waals surface area contributed by atoms with Gasteiger partial charge in [-0.2, -0.15) is 0 Å². The van der Waals surface area contributed by atoms with E-state index >= 15 is 0 Å². The Labute approximate surface area is 186 Å². The fourth-order valence-corrected chi connectivity index (χ4v) is 3.87. The van der Waals surface area contributed by atoms with Gasteiger partial charge in [0.1, 0.15) is 17.2 Å². The summed E-state index contributed by atoms with van der Waals surface area (Å²) in [7, 11) is 1.05. The second-order valence-corrected chi connectivity index (χ2v) is 8.00. The van der Waals surface area contributed by atoms with Crippen molar-refractivity contribution in [1.29, 1.82) is 0 Å². The SMILES string of the molecule is COC(=O)c1c(F)cc(CCN2C(=O)CCN2CCC(=O)c2cccc(Br)c2)cc1F. The van der Waals surface area contributed by atoms with E-state index in [1.165, 1.54) is 5.01 Å². The summed E-state index contributed by atoms with van der Waals surface area (Å²) in [5, 5.41) is 3.30. The number of amides is 1. The number of ether oxygens (including phenoxy) is 1. The van der Waals surface area contributed by atoms with Crippen molar-refractivity contribution in [3.8, 4) is 0 Å². The highest BCUT2D eigenvalue weighted by Gasteiger charge is 2.29. The standard InChI is InChI=1S/C22H21BrF2N2O4/c1-31-22(30)21-17(24)11-14(12-18(21)25)5-10-27-20(29)7-9-26(27)8-6-19(28)15-3-2-4-16(23)13-15/h2-4,11-13H,5-10H2,1H3. The van der Waals surface area contributed by atoms with Gasteiger partial charge in [-0.25, -0.2) is 18.6 Å². The number of methoxy groups -OCH3 is 1. The van der Waals surface area contributed by atoms with E-state index in [1.807, 2.05) is 6.07 Å². The number of ketones is 1. The maximum absolute atomic E-state index is 14.1. The molecule has 6 nitrogen and oxygen atoms in total. The molecular weight excluding hydrogens is 474 g/mol. The monoisotopic (exact) mass is 494 g/mol. The molecule has 31 heavy (non-hydrogen) atoms. The van der Waals surface area contributed by atoms with Gasteiger partial charge in [0.15, 0.2) is 5.78 Å². The van der Waals surface area contributed by atoms with Crippen molar-refractivity contribution in [2.24, 2.45) is 0 Å². The summed E-state index contributed by atoms with van der Waals surface area (Å²) in [5.74, 6) is -3.25. The molecule has 9 heteroatoms. The molecule has 1 amide bonds. The molecule has 0 N–H and O–H groups in total. The largest absolute Gasteiger partial charge is 0.465 e. The normalized spacial score (nSPS) is 14.2. The molecule has 2 aromatic rings. The topological polar surface area (TPSA) is 66.9 Å². The van der Waals surface area contributed by atoms with Gasteiger partial charge in [0.05, 0.1) is 7.11 Å². The first-order chi connectivity index (χ1) is 14.8. The van der Waals surface area contributed by atoms with E-state index in [-0.39, 0.29) is 31.1 Å². The van der Waals surface area contributed by atoms with E-state index in [4.69, 9.17) is 0 Å². The number of halogens is 3. The Kier molecular flexibility index (Phi) is 7.50. The molecule has 0 aromatic heterocycles. The van der Waals surface area contributed by atoms with Crippen molar-refractivity contribution >= 4 is 33.6 Å². The molecule has 0 atom stereocenters. The van der Waals surface area contributed by atoms with Crippen LogP contribution in [0.15, 0.2) is 40.9 Å². The summed E-state index contributed by atoms with van der Waals surface area (Å²) in [4.78, 5) is 36.2. The number of hydrazine groups is 1. The first kappa shape index (κ1) is 23.0. The van der Waals surface area contributed by atoms with Gasteiger partial charge in [0.2, 0.25) is 5.91 Å². The zero-order chi connectivity index (χ0) is 22.5. The van der Waals surface area contributed by atoms with Crippen molar-refractivity contribution in [2.75, 3.05) is 26.7 Å². The van der Waals surface area contributed by atoms with Crippen LogP contribution in [0.5, 0.6) is 0 Å². The molecule has 0 bridgehead atoms. The lowest BCUT2D eigenvalue weighted by Gasteiger charge is -2.28. The quantitative estimate of drug-likeness (QED) is 0.412. The lowest BCUT2D eigenvalue weighted by molar-refractivity contribution is -0.137. The van der Waals surface area contributed by atoms with Gasteiger partial charge >= 0.3 is 5.97 Å². The minimum atomic E-state index is -1.09. The van der Waals surface area contributed by atoms with Gasteiger partial charge in [0.25, 0.3) is 0 Å². The lowest BCUT2D eigenvalue weighted by atomic mass is 10.1. The summed E-state index contributed by atoms with van der Waals surface area (Å²) < 4.78 is 33.5. The molecule has 3 rings (SSSR count). The first-order valence-corrected chi connectivity index (χ1v) is 10.5. The van der Waals surface area contributed by atoms with E-state index in [1.54, 1.807) is 23.2 Å². The van der Waals surface area contributed by atoms with E-state index in [9.17, 15) is 23.2 Å². The Morgan fingerprint density at radius 1 is 1.13 bits per heavy atom. The Balaban J connectivity index is 1.62. The van der Waals surface area contributed by atoms with Crippen LogP contribution in [0.2, 0.25) is 0 Å². The van der Waals surface area contributed by atoms with Crippen molar-refractivity contribution in [3.63, 3.8) is 0 Å². The minimum absolute atomic E-state index is 0.0388. The van der Waals surface area contributed by atoms with E-state index in [0.29, 0.717) is 30.6 Å². The molecule has 1 saturated heterocycles. The molecule has 0 aliphatic carbocycles. The van der Waals surface area contributed by atoms with Gasteiger partial charge in [-0.1, -0.05) is 28.1 Å². The van der Waals surface area contributed by atoms with Gasteiger partial charge in [-0.15, -0.1) is 0 Å². The van der Waals surface area contributed by atoms with Crippen LogP contribution in [0.4, 0.5) is 8.78 Å². The number of carbonyl (C=O) groups excluding carboxylic acids is 3. The van der Waals surface area contributed by atoms with Gasteiger partial charge in [-0.3, -0.25) is 14.6 Å². The molecule has 1 aliphatic heterocycles. The smallest absolute Gasteiger partial charge is 0.343 e. The molecule has 1 aliphatic rings. The average molecular weight is 495 g/mol. The van der Waals surface area contributed by atoms with Crippen LogP contribution in [-0.4, -0.2) is 54.4 Å². The predicted molar refractivity (Wildman–Crippen MR) is 112 cm³/mol. The van der Waals surface area contributed by atoms with Crippen LogP contribution >= 0.6 is 15.9 Å². The summed E-state index contributed by atoms with van der Waals surface area (Å²) in [6.07, 6.45) is 0.740. The number of rotatable bonds is 8. The van der Waals surface area contributed by atoms with Gasteiger partial charge in [0, 0.05) is 42.5 Å². The third-order valence-electron chi connectivity index (χ3n) is 5.06. The number of benzene rings is 2. The number of Topliss-reactive ketones (excluding diaryl/α,β-unsaturated/α-hetero) is 1. The molecule has 1 heterocycles. The predicted octanol–water partition coefficient (Wildman–Crippen LogP) is 3.78. The Morgan fingerprint density at radius 2 is 1.84 bits per heavy atom. The first-order valence-electron chi connectivity index (χ1n) is 9.70. The Bertz CT molecular complexity index is 992. The maximum atomic E-state index is 14.1. The van der Waals surface area contributed by atoms with Crippen LogP contribution < -0.4 is 0 Å². The number of esters is 1. The molecule has 0 radical (unpaired) electrons. The van der Waals surface area contributed by atoms with Crippen LogP contribution in [-0.2, 0) is 16.0 Å². The van der Waals surface area contributed by atoms with Crippen LogP contribution in [0.3, 0.4) is 0 Å². The van der Waals surface area contributed by atoms with E-state index in [0.717, 1.165) is 23.7 Å². The molecule has 2 aromatic carbocycles. The van der Waals surface area contributed by atoms with Gasteiger partial charge in [-0.05, 0) is 36.2 Å². The Morgan fingerprint density at radius 3 is 2.48 bits per heavy atom. The summed E-state index contributed by atoms with van der Waals surface area (Å²) in [6, 6.07) is 9.24. The molecule has 0 saturated carbocycles. The van der Waals surface area contributed by atoms with E-state index in [2.05, 4.69) is 20.7 Å². The molecule has 164 valence electrons. The van der Waals surface area contributed by atoms with Crippen molar-refractivity contribution in [3.05, 3.63) is 69.2 Å². The van der Waals surface area contributed by atoms with Crippen LogP contribution in [0.25, 0.3) is 0 Å². The Hall–Kier alpha value is -2.65. The fourth-order valence-electron chi connectivity index (χ4n) is 3.47. The maximum Gasteiger partial charge on any atom is 0.343 e. The lowest BCUT2D eigenvalue weighted by Crippen LogP contribution is -2.41. The van der Waals surface area contributed by atoms with Crippen molar-refractivity contribution in [1.82, 2.24) is 10.0 Å². The van der Waals surface area contributed by atoms with Crippen LogP contribution in [0, 0.1) is 11.6 Å². The fraction of sp³-hybridized carbons (Fsp3) is 0.318. The summed E-state index contributed by atoms with van der Waals surface area (Å²) in [5.41, 5.74) is 0.159.